The van der Waals surface area contributed by atoms with Crippen molar-refractivity contribution in [3.8, 4) is 0 Å². The van der Waals surface area contributed by atoms with Crippen LogP contribution in [0.2, 0.25) is 4.34 Å². The van der Waals surface area contributed by atoms with Gasteiger partial charge in [0.15, 0.2) is 0 Å². The molecule has 1 saturated heterocycles. The van der Waals surface area contributed by atoms with Crippen LogP contribution < -0.4 is 17.7 Å². The minimum atomic E-state index is 0. The van der Waals surface area contributed by atoms with Crippen LogP contribution in [0.3, 0.4) is 0 Å². The third-order valence-electron chi connectivity index (χ3n) is 2.22. The van der Waals surface area contributed by atoms with E-state index in [1.54, 1.807) is 11.3 Å². The van der Waals surface area contributed by atoms with Crippen molar-refractivity contribution in [2.24, 2.45) is 0 Å². The molecule has 0 aliphatic carbocycles. The quantitative estimate of drug-likeness (QED) is 0.746. The molecule has 2 N–H and O–H groups in total. The van der Waals surface area contributed by atoms with Crippen molar-refractivity contribution in [3.63, 3.8) is 0 Å². The lowest BCUT2D eigenvalue weighted by Gasteiger charge is -2.18. The minimum Gasteiger partial charge on any atom is -1.00 e. The Morgan fingerprint density at radius 1 is 1.36 bits per heavy atom. The summed E-state index contributed by atoms with van der Waals surface area (Å²) < 4.78 is 2.28. The van der Waals surface area contributed by atoms with Crippen molar-refractivity contribution in [1.82, 2.24) is 0 Å². The Balaban J connectivity index is 0.000000980. The predicted octanol–water partition coefficient (Wildman–Crippen LogP) is -0.777. The average molecular weight is 270 g/mol. The zero-order valence-electron chi connectivity index (χ0n) is 7.71. The van der Waals surface area contributed by atoms with Crippen molar-refractivity contribution in [3.05, 3.63) is 16.5 Å². The first kappa shape index (κ1) is 12.7. The van der Waals surface area contributed by atoms with Crippen LogP contribution in [0, 0.1) is 0 Å². The number of hydrogen-bond donors (Lipinski definition) is 1. The molecule has 0 spiro atoms. The van der Waals surface area contributed by atoms with Gasteiger partial charge in [-0.1, -0.05) is 11.6 Å². The predicted molar refractivity (Wildman–Crippen MR) is 59.9 cm³/mol. The van der Waals surface area contributed by atoms with Gasteiger partial charge in [-0.15, -0.1) is 23.1 Å². The number of halogens is 2. The molecule has 5 heteroatoms. The second-order valence-electron chi connectivity index (χ2n) is 3.24. The molecule has 0 saturated carbocycles. The lowest BCUT2D eigenvalue weighted by atomic mass is 10.2. The van der Waals surface area contributed by atoms with Crippen LogP contribution in [0.5, 0.6) is 0 Å². The number of quaternary nitrogens is 1. The van der Waals surface area contributed by atoms with Gasteiger partial charge in [0, 0.05) is 18.1 Å². The highest BCUT2D eigenvalue weighted by Crippen LogP contribution is 2.35. The first-order chi connectivity index (χ1) is 6.34. The van der Waals surface area contributed by atoms with Crippen molar-refractivity contribution < 1.29 is 17.7 Å². The molecule has 14 heavy (non-hydrogen) atoms. The Bertz CT molecular complexity index is 272. The largest absolute Gasteiger partial charge is 1.00 e. The molecular formula is C9H13Cl2NS2. The van der Waals surface area contributed by atoms with Gasteiger partial charge in [0.25, 0.3) is 0 Å². The molecule has 1 nitrogen and oxygen atoms in total. The van der Waals surface area contributed by atoms with Crippen molar-refractivity contribution >= 4 is 34.7 Å². The molecule has 1 fully saturated rings. The Morgan fingerprint density at radius 2 is 2.07 bits per heavy atom. The number of rotatable bonds is 2. The summed E-state index contributed by atoms with van der Waals surface area (Å²) in [5.41, 5.74) is 0. The standard InChI is InChI=1S/C9H12ClNS2.ClH/c10-8-1-2-9(13-8)12-7-3-5-11-6-4-7;/h1-2,7,11H,3-6H2;1H. The maximum atomic E-state index is 5.88. The van der Waals surface area contributed by atoms with Gasteiger partial charge in [0.2, 0.25) is 0 Å². The summed E-state index contributed by atoms with van der Waals surface area (Å²) in [6.45, 7) is 2.58. The Morgan fingerprint density at radius 3 is 2.64 bits per heavy atom. The van der Waals surface area contributed by atoms with E-state index in [2.05, 4.69) is 11.4 Å². The molecule has 1 aromatic rings. The Kier molecular flexibility index (Phi) is 5.64. The third-order valence-corrected chi connectivity index (χ3v) is 4.95. The SMILES string of the molecule is Clc1ccc(SC2CC[NH2+]CC2)s1.[Cl-]. The summed E-state index contributed by atoms with van der Waals surface area (Å²) in [7, 11) is 0. The number of thioether (sulfide) groups is 1. The van der Waals surface area contributed by atoms with Crippen LogP contribution in [-0.2, 0) is 0 Å². The van der Waals surface area contributed by atoms with E-state index in [1.807, 2.05) is 17.8 Å². The highest BCUT2D eigenvalue weighted by molar-refractivity contribution is 8.01. The van der Waals surface area contributed by atoms with Gasteiger partial charge in [-0.3, -0.25) is 0 Å². The molecule has 0 amide bonds. The zero-order chi connectivity index (χ0) is 9.10. The number of piperidine rings is 1. The van der Waals surface area contributed by atoms with Gasteiger partial charge in [0.05, 0.1) is 21.6 Å². The number of thiophene rings is 1. The summed E-state index contributed by atoms with van der Waals surface area (Å²) in [6.07, 6.45) is 2.67. The van der Waals surface area contributed by atoms with Gasteiger partial charge in [-0.05, 0) is 12.1 Å². The van der Waals surface area contributed by atoms with E-state index < -0.39 is 0 Å². The van der Waals surface area contributed by atoms with Crippen LogP contribution in [0.1, 0.15) is 12.8 Å². The summed E-state index contributed by atoms with van der Waals surface area (Å²) in [6, 6.07) is 4.12. The fourth-order valence-corrected chi connectivity index (χ4v) is 4.31. The lowest BCUT2D eigenvalue weighted by Crippen LogP contribution is -3.00. The van der Waals surface area contributed by atoms with Crippen LogP contribution in [0.4, 0.5) is 0 Å². The highest BCUT2D eigenvalue weighted by Gasteiger charge is 2.17. The normalized spacial score (nSPS) is 17.8. The zero-order valence-corrected chi connectivity index (χ0v) is 10.9. The van der Waals surface area contributed by atoms with Crippen LogP contribution in [-0.4, -0.2) is 18.3 Å². The second kappa shape index (κ2) is 6.23. The smallest absolute Gasteiger partial charge is 0.0940 e. The second-order valence-corrected chi connectivity index (χ2v) is 6.56. The fraction of sp³-hybridized carbons (Fsp3) is 0.556. The molecule has 2 rings (SSSR count). The summed E-state index contributed by atoms with van der Waals surface area (Å²) in [5, 5.41) is 3.22. The first-order valence-corrected chi connectivity index (χ1v) is 6.65. The third kappa shape index (κ3) is 3.63. The van der Waals surface area contributed by atoms with E-state index in [0.29, 0.717) is 0 Å². The summed E-state index contributed by atoms with van der Waals surface area (Å²) in [4.78, 5) is 0. The fourth-order valence-electron chi connectivity index (χ4n) is 1.54. The number of hydrogen-bond acceptors (Lipinski definition) is 2. The van der Waals surface area contributed by atoms with E-state index in [4.69, 9.17) is 11.6 Å². The Labute approximate surface area is 104 Å². The first-order valence-electron chi connectivity index (χ1n) is 4.58. The molecule has 1 aromatic heterocycles. The van der Waals surface area contributed by atoms with Crippen LogP contribution in [0.15, 0.2) is 16.3 Å². The van der Waals surface area contributed by atoms with Gasteiger partial charge in [0.1, 0.15) is 0 Å². The van der Waals surface area contributed by atoms with Crippen LogP contribution in [0.25, 0.3) is 0 Å². The number of nitrogens with two attached hydrogens (primary N) is 1. The van der Waals surface area contributed by atoms with Gasteiger partial charge >= 0.3 is 0 Å². The van der Waals surface area contributed by atoms with Crippen LogP contribution >= 0.6 is 34.7 Å². The summed E-state index contributed by atoms with van der Waals surface area (Å²) in [5.74, 6) is 0. The van der Waals surface area contributed by atoms with Crippen molar-refractivity contribution in [2.45, 2.75) is 22.3 Å². The minimum absolute atomic E-state index is 0. The van der Waals surface area contributed by atoms with E-state index in [-0.39, 0.29) is 12.4 Å². The molecule has 2 heterocycles. The maximum Gasteiger partial charge on any atom is 0.0940 e. The Hall–Kier alpha value is 0.590. The maximum absolute atomic E-state index is 5.88. The molecule has 1 aliphatic heterocycles. The van der Waals surface area contributed by atoms with Gasteiger partial charge in [-0.25, -0.2) is 0 Å². The monoisotopic (exact) mass is 269 g/mol. The van der Waals surface area contributed by atoms with E-state index >= 15 is 0 Å². The van der Waals surface area contributed by atoms with E-state index in [0.717, 1.165) is 9.59 Å². The van der Waals surface area contributed by atoms with Crippen molar-refractivity contribution in [2.75, 3.05) is 13.1 Å². The molecule has 0 aromatic carbocycles. The molecule has 0 radical (unpaired) electrons. The molecule has 1 aliphatic rings. The van der Waals surface area contributed by atoms with Crippen molar-refractivity contribution in [1.29, 1.82) is 0 Å². The molecule has 0 bridgehead atoms. The van der Waals surface area contributed by atoms with Gasteiger partial charge < -0.3 is 17.7 Å². The van der Waals surface area contributed by atoms with E-state index in [9.17, 15) is 0 Å². The molecule has 0 atom stereocenters. The van der Waals surface area contributed by atoms with Gasteiger partial charge in [-0.2, -0.15) is 0 Å². The molecule has 0 unspecified atom stereocenters. The average Bonchev–Trinajstić information content (AvgIpc) is 2.53. The highest BCUT2D eigenvalue weighted by atomic mass is 35.5. The molecular weight excluding hydrogens is 257 g/mol. The lowest BCUT2D eigenvalue weighted by molar-refractivity contribution is -0.661. The van der Waals surface area contributed by atoms with E-state index in [1.165, 1.54) is 30.1 Å². The summed E-state index contributed by atoms with van der Waals surface area (Å²) >= 11 is 9.58. The topological polar surface area (TPSA) is 16.6 Å². The molecule has 80 valence electrons.